The van der Waals surface area contributed by atoms with E-state index in [-0.39, 0.29) is 17.2 Å². The van der Waals surface area contributed by atoms with Crippen LogP contribution >= 0.6 is 0 Å². The topological polar surface area (TPSA) is 215 Å². The molecule has 39 heavy (non-hydrogen) atoms. The molecule has 16 nitrogen and oxygen atoms in total. The van der Waals surface area contributed by atoms with Crippen molar-refractivity contribution in [2.45, 2.75) is 70.1 Å². The molecule has 1 aromatic carbocycles. The molecule has 212 valence electrons. The molecule has 1 aliphatic rings. The van der Waals surface area contributed by atoms with Crippen LogP contribution in [0, 0.1) is 0 Å². The summed E-state index contributed by atoms with van der Waals surface area (Å²) in [7, 11) is -3.87. The monoisotopic (exact) mass is 570 g/mol. The van der Waals surface area contributed by atoms with Crippen LogP contribution < -0.4 is 5.14 Å². The van der Waals surface area contributed by atoms with Crippen molar-refractivity contribution in [1.82, 2.24) is 15.0 Å². The van der Waals surface area contributed by atoms with E-state index in [2.05, 4.69) is 10.3 Å². The van der Waals surface area contributed by atoms with E-state index in [1.807, 2.05) is 0 Å². The van der Waals surface area contributed by atoms with E-state index in [0.717, 1.165) is 27.7 Å². The fourth-order valence-electron chi connectivity index (χ4n) is 3.58. The summed E-state index contributed by atoms with van der Waals surface area (Å²) in [5.74, 6) is -3.23. The van der Waals surface area contributed by atoms with Gasteiger partial charge in [-0.15, -0.1) is 5.10 Å². The zero-order chi connectivity index (χ0) is 28.9. The zero-order valence-electron chi connectivity index (χ0n) is 21.2. The minimum atomic E-state index is -3.87. The fraction of sp³-hybridized carbons (Fsp3) is 0.455. The van der Waals surface area contributed by atoms with Crippen molar-refractivity contribution in [2.75, 3.05) is 0 Å². The third-order valence-corrected chi connectivity index (χ3v) is 5.94. The molecule has 1 saturated heterocycles. The molecule has 0 bridgehead atoms. The lowest BCUT2D eigenvalue weighted by molar-refractivity contribution is -0.346. The highest BCUT2D eigenvalue weighted by atomic mass is 32.2. The lowest BCUT2D eigenvalue weighted by Crippen LogP contribution is -2.62. The number of hydrogen-bond donors (Lipinski definition) is 1. The van der Waals surface area contributed by atoms with Gasteiger partial charge in [-0.2, -0.15) is 0 Å². The Labute approximate surface area is 222 Å². The van der Waals surface area contributed by atoms with Crippen LogP contribution in [0.4, 0.5) is 0 Å². The molecule has 0 spiro atoms. The predicted octanol–water partition coefficient (Wildman–Crippen LogP) is -0.528. The van der Waals surface area contributed by atoms with Crippen LogP contribution in [0.1, 0.15) is 33.4 Å². The minimum Gasteiger partial charge on any atom is -0.454 e. The molecule has 3 rings (SSSR count). The maximum absolute atomic E-state index is 11.9. The second kappa shape index (κ2) is 12.3. The first-order valence-electron chi connectivity index (χ1n) is 11.2. The fourth-order valence-corrected chi connectivity index (χ4v) is 4.09. The van der Waals surface area contributed by atoms with E-state index in [9.17, 15) is 27.6 Å². The number of benzene rings is 1. The van der Waals surface area contributed by atoms with Crippen molar-refractivity contribution in [3.05, 3.63) is 36.2 Å². The van der Waals surface area contributed by atoms with E-state index < -0.39 is 64.8 Å². The highest BCUT2D eigenvalue weighted by Gasteiger charge is 2.54. The molecule has 0 amide bonds. The molecule has 1 aromatic heterocycles. The van der Waals surface area contributed by atoms with Gasteiger partial charge in [0.2, 0.25) is 28.7 Å². The lowest BCUT2D eigenvalue weighted by Gasteiger charge is -2.43. The molecule has 1 aliphatic heterocycles. The Hall–Kier alpha value is -3.93. The van der Waals surface area contributed by atoms with Gasteiger partial charge < -0.3 is 28.4 Å². The van der Waals surface area contributed by atoms with Crippen LogP contribution in [0.5, 0.6) is 0 Å². The van der Waals surface area contributed by atoms with Crippen molar-refractivity contribution in [3.8, 4) is 5.69 Å². The summed E-state index contributed by atoms with van der Waals surface area (Å²) in [6.07, 6.45) is -5.99. The van der Waals surface area contributed by atoms with Crippen LogP contribution in [0.15, 0.2) is 35.4 Å². The number of rotatable bonds is 9. The number of ether oxygens (including phenoxy) is 6. The van der Waals surface area contributed by atoms with Crippen molar-refractivity contribution in [1.29, 1.82) is 0 Å². The third kappa shape index (κ3) is 8.03. The number of carbonyl (C=O) groups excluding carboxylic acids is 4. The van der Waals surface area contributed by atoms with Gasteiger partial charge in [-0.05, 0) is 24.3 Å². The molecule has 2 heterocycles. The summed E-state index contributed by atoms with van der Waals surface area (Å²) >= 11 is 0. The first-order valence-corrected chi connectivity index (χ1v) is 12.8. The number of nitrogens with zero attached hydrogens (tertiary/aromatic N) is 3. The Kier molecular flexibility index (Phi) is 9.33. The summed E-state index contributed by atoms with van der Waals surface area (Å²) in [6.45, 7) is 4.04. The van der Waals surface area contributed by atoms with Gasteiger partial charge in [0.1, 0.15) is 5.69 Å². The zero-order valence-corrected chi connectivity index (χ0v) is 22.0. The van der Waals surface area contributed by atoms with E-state index in [4.69, 9.17) is 33.6 Å². The SMILES string of the molecule is CC(=O)O[C@H]1OC(OCc2cn(-c3ccc(S(N)(=O)=O)cc3)nn2)[C@H](OC(C)=O)[C@@H](OC(C)=O)[C@@H]1OC(C)=O. The predicted molar refractivity (Wildman–Crippen MR) is 125 cm³/mol. The molecule has 1 unspecified atom stereocenters. The molecular formula is C22H26N4O12S. The van der Waals surface area contributed by atoms with Gasteiger partial charge in [0.05, 0.1) is 23.4 Å². The largest absolute Gasteiger partial charge is 0.454 e. The van der Waals surface area contributed by atoms with Crippen LogP contribution in [-0.2, 0) is 64.2 Å². The number of nitrogens with two attached hydrogens (primary N) is 1. The quantitative estimate of drug-likeness (QED) is 0.296. The molecule has 1 fully saturated rings. The molecule has 5 atom stereocenters. The minimum absolute atomic E-state index is 0.0855. The molecule has 2 aromatic rings. The van der Waals surface area contributed by atoms with Gasteiger partial charge in [-0.25, -0.2) is 18.2 Å². The first-order chi connectivity index (χ1) is 18.2. The van der Waals surface area contributed by atoms with E-state index in [1.165, 1.54) is 35.1 Å². The van der Waals surface area contributed by atoms with Crippen molar-refractivity contribution >= 4 is 33.9 Å². The van der Waals surface area contributed by atoms with Gasteiger partial charge in [-0.3, -0.25) is 19.2 Å². The Balaban J connectivity index is 1.84. The van der Waals surface area contributed by atoms with E-state index in [0.29, 0.717) is 5.69 Å². The van der Waals surface area contributed by atoms with Crippen LogP contribution in [0.2, 0.25) is 0 Å². The molecule has 0 aliphatic carbocycles. The van der Waals surface area contributed by atoms with Crippen LogP contribution in [-0.4, -0.2) is 78.2 Å². The number of aromatic nitrogens is 3. The van der Waals surface area contributed by atoms with Crippen LogP contribution in [0.3, 0.4) is 0 Å². The maximum atomic E-state index is 11.9. The highest BCUT2D eigenvalue weighted by Crippen LogP contribution is 2.30. The summed E-state index contributed by atoms with van der Waals surface area (Å²) in [6, 6.07) is 5.52. The van der Waals surface area contributed by atoms with Crippen molar-refractivity contribution in [3.63, 3.8) is 0 Å². The summed E-state index contributed by atoms with van der Waals surface area (Å²) in [5.41, 5.74) is 0.716. The Morgan fingerprint density at radius 2 is 1.36 bits per heavy atom. The second-order valence-electron chi connectivity index (χ2n) is 8.21. The number of hydrogen-bond acceptors (Lipinski definition) is 14. The summed E-state index contributed by atoms with van der Waals surface area (Å²) < 4.78 is 56.5. The van der Waals surface area contributed by atoms with Crippen LogP contribution in [0.25, 0.3) is 5.69 Å². The van der Waals surface area contributed by atoms with E-state index >= 15 is 0 Å². The molecular weight excluding hydrogens is 544 g/mol. The Morgan fingerprint density at radius 1 is 0.846 bits per heavy atom. The van der Waals surface area contributed by atoms with Gasteiger partial charge in [-0.1, -0.05) is 5.21 Å². The average Bonchev–Trinajstić information content (AvgIpc) is 3.29. The highest BCUT2D eigenvalue weighted by molar-refractivity contribution is 7.89. The molecule has 2 N–H and O–H groups in total. The molecule has 17 heteroatoms. The average molecular weight is 571 g/mol. The Bertz CT molecular complexity index is 1330. The summed E-state index contributed by atoms with van der Waals surface area (Å²) in [5, 5.41) is 13.0. The van der Waals surface area contributed by atoms with Gasteiger partial charge >= 0.3 is 23.9 Å². The number of primary sulfonamides is 1. The smallest absolute Gasteiger partial charge is 0.305 e. The van der Waals surface area contributed by atoms with E-state index in [1.54, 1.807) is 0 Å². The lowest BCUT2D eigenvalue weighted by atomic mass is 10.0. The van der Waals surface area contributed by atoms with Crippen molar-refractivity contribution < 1.29 is 56.0 Å². The second-order valence-corrected chi connectivity index (χ2v) is 9.77. The maximum Gasteiger partial charge on any atom is 0.305 e. The molecule has 0 radical (unpaired) electrons. The third-order valence-electron chi connectivity index (χ3n) is 5.01. The standard InChI is InChI=1S/C22H26N4O12S/c1-11(27)34-18-19(35-12(2)28)21(38-22(37-14(4)30)20(18)36-13(3)29)33-10-15-9-26(25-24-15)16-5-7-17(8-6-16)39(23,31)32/h5-9,18-22H,10H2,1-4H3,(H2,23,31,32)/t18-,19-,20+,21?,22+/m1/s1. The van der Waals surface area contributed by atoms with Crippen molar-refractivity contribution in [2.24, 2.45) is 5.14 Å². The Morgan fingerprint density at radius 3 is 1.87 bits per heavy atom. The first kappa shape index (κ1) is 29.6. The number of sulfonamides is 1. The number of esters is 4. The summed E-state index contributed by atoms with van der Waals surface area (Å²) in [4.78, 5) is 47.0. The van der Waals surface area contributed by atoms with Gasteiger partial charge in [0.15, 0.2) is 12.2 Å². The normalized spacial score (nSPS) is 22.9. The van der Waals surface area contributed by atoms with Gasteiger partial charge in [0, 0.05) is 27.7 Å². The van der Waals surface area contributed by atoms with Gasteiger partial charge in [0.25, 0.3) is 0 Å². The molecule has 0 saturated carbocycles. The number of carbonyl (C=O) groups is 4.